The van der Waals surface area contributed by atoms with E-state index in [1.807, 2.05) is 58.0 Å². The first-order valence-corrected chi connectivity index (χ1v) is 10.4. The first-order chi connectivity index (χ1) is 14.2. The van der Waals surface area contributed by atoms with Crippen LogP contribution in [0.4, 0.5) is 0 Å². The number of carbonyl (C=O) groups is 1. The summed E-state index contributed by atoms with van der Waals surface area (Å²) in [5.74, 6) is -1.64. The highest BCUT2D eigenvalue weighted by Crippen LogP contribution is 2.47. The minimum absolute atomic E-state index is 0.0595. The SMILES string of the molecule is CO[C@@H]1C(=O)N(Cc2ccccc2)[C@@H]1[C@H]1O[C@@H]2OC(C)(C)O[C@@H]2[C@H]2OC(C)(C)O[C@H]21. The van der Waals surface area contributed by atoms with Crippen LogP contribution in [0.15, 0.2) is 30.3 Å². The second-order valence-electron chi connectivity index (χ2n) is 9.23. The number of fused-ring (bicyclic) bond motifs is 3. The molecule has 0 N–H and O–H groups in total. The van der Waals surface area contributed by atoms with Gasteiger partial charge < -0.3 is 33.3 Å². The van der Waals surface area contributed by atoms with Crippen LogP contribution in [0.5, 0.6) is 0 Å². The maximum absolute atomic E-state index is 12.8. The third kappa shape index (κ3) is 3.26. The number of nitrogens with zero attached hydrogens (tertiary/aromatic N) is 1. The van der Waals surface area contributed by atoms with Gasteiger partial charge in [-0.3, -0.25) is 4.79 Å². The summed E-state index contributed by atoms with van der Waals surface area (Å²) in [4.78, 5) is 14.6. The van der Waals surface area contributed by atoms with E-state index in [1.165, 1.54) is 0 Å². The Bertz CT molecular complexity index is 813. The zero-order valence-corrected chi connectivity index (χ0v) is 17.9. The van der Waals surface area contributed by atoms with E-state index in [0.29, 0.717) is 6.54 Å². The molecule has 8 heteroatoms. The summed E-state index contributed by atoms with van der Waals surface area (Å²) in [6.45, 7) is 7.93. The molecule has 164 valence electrons. The summed E-state index contributed by atoms with van der Waals surface area (Å²) in [6.07, 6.45) is -2.84. The molecule has 8 nitrogen and oxygen atoms in total. The van der Waals surface area contributed by atoms with Gasteiger partial charge in [-0.25, -0.2) is 0 Å². The van der Waals surface area contributed by atoms with Crippen molar-refractivity contribution in [2.45, 2.75) is 88.7 Å². The van der Waals surface area contributed by atoms with Crippen LogP contribution in [-0.2, 0) is 39.8 Å². The molecule has 0 radical (unpaired) electrons. The van der Waals surface area contributed by atoms with Crippen LogP contribution in [0.25, 0.3) is 0 Å². The second-order valence-corrected chi connectivity index (χ2v) is 9.23. The van der Waals surface area contributed by atoms with Crippen molar-refractivity contribution in [2.75, 3.05) is 7.11 Å². The zero-order valence-electron chi connectivity index (χ0n) is 17.9. The number of methoxy groups -OCH3 is 1. The van der Waals surface area contributed by atoms with Gasteiger partial charge in [-0.05, 0) is 33.3 Å². The number of rotatable bonds is 4. The highest BCUT2D eigenvalue weighted by atomic mass is 16.9. The van der Waals surface area contributed by atoms with Gasteiger partial charge in [0.05, 0.1) is 6.04 Å². The molecule has 4 saturated heterocycles. The van der Waals surface area contributed by atoms with E-state index in [-0.39, 0.29) is 18.1 Å². The Kier molecular flexibility index (Phi) is 4.74. The maximum atomic E-state index is 12.8. The molecule has 1 aromatic rings. The Hall–Kier alpha value is -1.55. The third-order valence-electron chi connectivity index (χ3n) is 6.17. The topological polar surface area (TPSA) is 75.7 Å². The second kappa shape index (κ2) is 6.98. The summed E-state index contributed by atoms with van der Waals surface area (Å²) in [7, 11) is 1.55. The van der Waals surface area contributed by atoms with Gasteiger partial charge in [0.25, 0.3) is 5.91 Å². The Morgan fingerprint density at radius 2 is 1.50 bits per heavy atom. The Labute approximate surface area is 176 Å². The van der Waals surface area contributed by atoms with Gasteiger partial charge in [-0.1, -0.05) is 30.3 Å². The van der Waals surface area contributed by atoms with Crippen molar-refractivity contribution < 1.29 is 33.2 Å². The monoisotopic (exact) mass is 419 g/mol. The van der Waals surface area contributed by atoms with Crippen LogP contribution in [0.1, 0.15) is 33.3 Å². The summed E-state index contributed by atoms with van der Waals surface area (Å²) in [5, 5.41) is 0. The number of amides is 1. The minimum Gasteiger partial charge on any atom is -0.369 e. The average Bonchev–Trinajstić information content (AvgIpc) is 3.18. The van der Waals surface area contributed by atoms with E-state index in [1.54, 1.807) is 12.0 Å². The fourth-order valence-electron chi connectivity index (χ4n) is 5.01. The molecule has 4 aliphatic rings. The van der Waals surface area contributed by atoms with Gasteiger partial charge >= 0.3 is 0 Å². The molecule has 30 heavy (non-hydrogen) atoms. The molecule has 0 spiro atoms. The standard InChI is InChI=1S/C22H29NO7/c1-21(2)27-16-14(26-20-18(17(16)28-21)29-22(3,4)30-20)13-15(25-5)19(24)23(13)11-12-9-7-6-8-10-12/h6-10,13-18,20H,11H2,1-5H3/t13-,14-,15+,16+,17+,18-,20-/m1/s1. The molecule has 4 fully saturated rings. The first kappa shape index (κ1) is 20.4. The van der Waals surface area contributed by atoms with Crippen LogP contribution < -0.4 is 0 Å². The van der Waals surface area contributed by atoms with Crippen molar-refractivity contribution >= 4 is 5.91 Å². The molecule has 0 unspecified atom stereocenters. The van der Waals surface area contributed by atoms with Crippen molar-refractivity contribution in [1.82, 2.24) is 4.90 Å². The minimum atomic E-state index is -0.789. The largest absolute Gasteiger partial charge is 0.369 e. The van der Waals surface area contributed by atoms with Crippen molar-refractivity contribution in [2.24, 2.45) is 0 Å². The molecule has 7 atom stereocenters. The van der Waals surface area contributed by atoms with E-state index in [2.05, 4.69) is 0 Å². The predicted molar refractivity (Wildman–Crippen MR) is 104 cm³/mol. The highest BCUT2D eigenvalue weighted by Gasteiger charge is 2.65. The number of benzene rings is 1. The molecular formula is C22H29NO7. The third-order valence-corrected chi connectivity index (χ3v) is 6.17. The Balaban J connectivity index is 1.45. The lowest BCUT2D eigenvalue weighted by molar-refractivity contribution is -0.265. The van der Waals surface area contributed by atoms with Gasteiger partial charge in [0.1, 0.15) is 24.4 Å². The first-order valence-electron chi connectivity index (χ1n) is 10.4. The van der Waals surface area contributed by atoms with Gasteiger partial charge in [-0.15, -0.1) is 0 Å². The quantitative estimate of drug-likeness (QED) is 0.689. The van der Waals surface area contributed by atoms with Crippen molar-refractivity contribution in [3.63, 3.8) is 0 Å². The summed E-state index contributed by atoms with van der Waals surface area (Å²) in [6, 6.07) is 9.56. The number of carbonyl (C=O) groups excluding carboxylic acids is 1. The molecule has 0 aliphatic carbocycles. The summed E-state index contributed by atoms with van der Waals surface area (Å²) < 4.78 is 36.5. The van der Waals surface area contributed by atoms with E-state index >= 15 is 0 Å². The van der Waals surface area contributed by atoms with E-state index in [0.717, 1.165) is 5.56 Å². The number of hydrogen-bond donors (Lipinski definition) is 0. The van der Waals surface area contributed by atoms with Crippen molar-refractivity contribution in [1.29, 1.82) is 0 Å². The summed E-state index contributed by atoms with van der Waals surface area (Å²) >= 11 is 0. The Morgan fingerprint density at radius 1 is 0.900 bits per heavy atom. The smallest absolute Gasteiger partial charge is 0.254 e. The van der Waals surface area contributed by atoms with Crippen LogP contribution in [0.2, 0.25) is 0 Å². The number of β-lactam (4-membered cyclic amide) rings is 1. The fourth-order valence-corrected chi connectivity index (χ4v) is 5.01. The molecule has 1 amide bonds. The van der Waals surface area contributed by atoms with Crippen molar-refractivity contribution in [3.05, 3.63) is 35.9 Å². The molecule has 4 aliphatic heterocycles. The zero-order chi connectivity index (χ0) is 21.3. The molecule has 0 saturated carbocycles. The molecule has 0 aromatic heterocycles. The predicted octanol–water partition coefficient (Wildman–Crippen LogP) is 1.81. The van der Waals surface area contributed by atoms with Crippen LogP contribution >= 0.6 is 0 Å². The van der Waals surface area contributed by atoms with Crippen molar-refractivity contribution in [3.8, 4) is 0 Å². The lowest BCUT2D eigenvalue weighted by atomic mass is 9.84. The summed E-state index contributed by atoms with van der Waals surface area (Å²) in [5.41, 5.74) is 1.04. The van der Waals surface area contributed by atoms with Gasteiger partial charge in [0.2, 0.25) is 0 Å². The van der Waals surface area contributed by atoms with Gasteiger partial charge in [0, 0.05) is 13.7 Å². The molecule has 0 bridgehead atoms. The van der Waals surface area contributed by atoms with E-state index in [9.17, 15) is 4.79 Å². The molecule has 4 heterocycles. The Morgan fingerprint density at radius 3 is 2.17 bits per heavy atom. The highest BCUT2D eigenvalue weighted by molar-refractivity contribution is 5.88. The number of ether oxygens (including phenoxy) is 6. The fraction of sp³-hybridized carbons (Fsp3) is 0.682. The van der Waals surface area contributed by atoms with Crippen LogP contribution in [-0.4, -0.2) is 72.3 Å². The lowest BCUT2D eigenvalue weighted by Gasteiger charge is -2.52. The molecular weight excluding hydrogens is 390 g/mol. The normalized spacial score (nSPS) is 41.3. The van der Waals surface area contributed by atoms with E-state index < -0.39 is 42.3 Å². The number of hydrogen-bond acceptors (Lipinski definition) is 7. The lowest BCUT2D eigenvalue weighted by Crippen LogP contribution is -2.74. The van der Waals surface area contributed by atoms with Crippen LogP contribution in [0, 0.1) is 0 Å². The maximum Gasteiger partial charge on any atom is 0.254 e. The average molecular weight is 419 g/mol. The molecule has 5 rings (SSSR count). The van der Waals surface area contributed by atoms with Gasteiger partial charge in [-0.2, -0.15) is 0 Å². The number of likely N-dealkylation sites (tertiary alicyclic amines) is 1. The molecule has 1 aromatic carbocycles. The van der Waals surface area contributed by atoms with Crippen LogP contribution in [0.3, 0.4) is 0 Å². The van der Waals surface area contributed by atoms with E-state index in [4.69, 9.17) is 28.4 Å². The van der Waals surface area contributed by atoms with Gasteiger partial charge in [0.15, 0.2) is 24.0 Å².